The number of para-hydroxylation sites is 1. The lowest BCUT2D eigenvalue weighted by Crippen LogP contribution is -2.60. The van der Waals surface area contributed by atoms with Gasteiger partial charge in [0, 0.05) is 68.6 Å². The van der Waals surface area contributed by atoms with Gasteiger partial charge in [-0.15, -0.1) is 0 Å². The summed E-state index contributed by atoms with van der Waals surface area (Å²) in [5.74, 6) is -5.87. The van der Waals surface area contributed by atoms with Crippen molar-refractivity contribution in [2.45, 2.75) is 120 Å². The monoisotopic (exact) mass is 1090 g/mol. The molecular weight excluding hydrogens is 1010 g/mol. The Kier molecular flexibility index (Phi) is 25.0. The lowest BCUT2D eigenvalue weighted by molar-refractivity contribution is -0.135. The predicted octanol–water partition coefficient (Wildman–Crippen LogP) is -2.58. The maximum atomic E-state index is 14.8. The van der Waals surface area contributed by atoms with Gasteiger partial charge >= 0.3 is 0 Å². The Balaban J connectivity index is 1.80. The van der Waals surface area contributed by atoms with Gasteiger partial charge in [-0.1, -0.05) is 30.8 Å². The normalized spacial score (nSPS) is 20.7. The molecule has 21 N–H and O–H groups in total. The van der Waals surface area contributed by atoms with Crippen LogP contribution in [0.1, 0.15) is 75.8 Å². The number of methoxy groups -OCH3 is 2. The van der Waals surface area contributed by atoms with Gasteiger partial charge in [-0.2, -0.15) is 0 Å². The lowest BCUT2D eigenvalue weighted by Gasteiger charge is -2.28. The van der Waals surface area contributed by atoms with Crippen LogP contribution in [0.5, 0.6) is 11.5 Å². The van der Waals surface area contributed by atoms with Crippen molar-refractivity contribution in [2.24, 2.45) is 22.9 Å². The van der Waals surface area contributed by atoms with Crippen LogP contribution in [-0.4, -0.2) is 147 Å². The zero-order valence-corrected chi connectivity index (χ0v) is 44.4. The van der Waals surface area contributed by atoms with E-state index in [-0.39, 0.29) is 114 Å². The second-order valence-electron chi connectivity index (χ2n) is 18.7. The Hall–Kier alpha value is -8.62. The largest absolute Gasteiger partial charge is 0.493 e. The van der Waals surface area contributed by atoms with E-state index in [1.807, 2.05) is 24.3 Å². The van der Waals surface area contributed by atoms with E-state index in [1.54, 1.807) is 24.4 Å². The second-order valence-corrected chi connectivity index (χ2v) is 18.7. The third kappa shape index (κ3) is 20.2. The van der Waals surface area contributed by atoms with Gasteiger partial charge in [-0.3, -0.25) is 49.2 Å². The van der Waals surface area contributed by atoms with Crippen LogP contribution >= 0.6 is 0 Å². The number of hydrogen-bond donors (Lipinski definition) is 17. The third-order valence-electron chi connectivity index (χ3n) is 12.7. The third-order valence-corrected chi connectivity index (χ3v) is 12.7. The maximum absolute atomic E-state index is 14.8. The van der Waals surface area contributed by atoms with E-state index in [9.17, 15) is 38.4 Å². The fourth-order valence-corrected chi connectivity index (χ4v) is 8.61. The van der Waals surface area contributed by atoms with Crippen LogP contribution in [0.2, 0.25) is 0 Å². The lowest BCUT2D eigenvalue weighted by atomic mass is 10.0. The molecule has 0 saturated carbocycles. The molecule has 2 aromatic carbocycles. The smallest absolute Gasteiger partial charge is 0.243 e. The van der Waals surface area contributed by atoms with Crippen molar-refractivity contribution in [1.82, 2.24) is 58.2 Å². The number of nitrogens with one attached hydrogen (secondary N) is 13. The molecule has 0 aliphatic carbocycles. The fourth-order valence-electron chi connectivity index (χ4n) is 8.61. The quantitative estimate of drug-likeness (QED) is 0.0314. The number of aromatic amines is 1. The van der Waals surface area contributed by atoms with Gasteiger partial charge in [-0.05, 0) is 87.2 Å². The van der Waals surface area contributed by atoms with E-state index in [2.05, 4.69) is 64.7 Å². The molecule has 1 aromatic heterocycles. The van der Waals surface area contributed by atoms with Crippen LogP contribution in [0.3, 0.4) is 0 Å². The molecule has 8 amide bonds. The molecule has 4 rings (SSSR count). The molecular formula is C51H77N17O10. The average molecular weight is 1090 g/mol. The number of benzene rings is 2. The van der Waals surface area contributed by atoms with Gasteiger partial charge in [0.05, 0.1) is 20.3 Å². The van der Waals surface area contributed by atoms with Crippen molar-refractivity contribution in [3.05, 3.63) is 72.1 Å². The number of aromatic nitrogens is 1. The number of fused-ring (bicyclic) bond motifs is 1. The number of carbonyl (C=O) groups excluding carboxylic acids is 8. The van der Waals surface area contributed by atoms with E-state index >= 15 is 0 Å². The molecule has 78 heavy (non-hydrogen) atoms. The van der Waals surface area contributed by atoms with Gasteiger partial charge in [0.15, 0.2) is 23.4 Å². The molecule has 0 radical (unpaired) electrons. The SMILES string of the molecule is C=C(N)C1CCCNC(=O)CC[C@H](NC(=O)[C@H](CCCNC(=N)N)NC(C)=O)C(=O)N[C@@H](CCN)C(=O)N[C@H](Cc2ccc(OC)c(OC)c2)C(=O)N[C@@H](CCCNC(=N)N)C(=O)N[C@@H](Cc2c[nH]c3ccccc23)C(=O)N1. The summed E-state index contributed by atoms with van der Waals surface area (Å²) in [6, 6.07) is 3.20. The number of amides is 8. The van der Waals surface area contributed by atoms with Crippen molar-refractivity contribution in [1.29, 1.82) is 10.8 Å². The van der Waals surface area contributed by atoms with Crippen LogP contribution in [0.15, 0.2) is 60.9 Å². The summed E-state index contributed by atoms with van der Waals surface area (Å²) < 4.78 is 10.9. The van der Waals surface area contributed by atoms with Crippen molar-refractivity contribution in [3.63, 3.8) is 0 Å². The standard InChI is InChI=1S/C51H77N17O10/c1-28(53)33-12-7-21-58-43(70)18-16-37(65-44(71)35(62-29(2)69)13-8-22-59-50(54)55)46(73)66-38(19-20-52)47(74)67-39(24-30-15-17-41(77-3)42(25-30)78-4)48(75)64-36(14-9-23-60-51(56)57)45(72)68-40(49(76)63-33)26-31-27-61-34-11-6-5-10-32(31)34/h5-6,10-11,15,17,25,27,33,35-40,61H,1,7-9,12-14,16,18-24,26,52-53H2,2-4H3,(H,58,70)(H,62,69)(H,63,76)(H,64,75)(H,65,71)(H,66,73)(H,67,74)(H,68,72)(H4,54,55,59)(H4,56,57,60)/t33?,35-,36-,37-,38-,39+,40-/m0/s1. The van der Waals surface area contributed by atoms with Crippen LogP contribution < -0.4 is 85.6 Å². The first-order valence-corrected chi connectivity index (χ1v) is 25.6. The predicted molar refractivity (Wildman–Crippen MR) is 291 cm³/mol. The average Bonchev–Trinajstić information content (AvgIpc) is 3.81. The number of guanidine groups is 2. The van der Waals surface area contributed by atoms with Gasteiger partial charge in [0.2, 0.25) is 47.3 Å². The van der Waals surface area contributed by atoms with Gasteiger partial charge in [-0.25, -0.2) is 0 Å². The zero-order chi connectivity index (χ0) is 57.3. The Morgan fingerprint density at radius 2 is 1.36 bits per heavy atom. The van der Waals surface area contributed by atoms with E-state index < -0.39 is 89.6 Å². The van der Waals surface area contributed by atoms with Gasteiger partial charge in [0.1, 0.15) is 36.3 Å². The van der Waals surface area contributed by atoms with Crippen LogP contribution in [-0.2, 0) is 51.2 Å². The zero-order valence-electron chi connectivity index (χ0n) is 44.4. The van der Waals surface area contributed by atoms with Crippen molar-refractivity contribution < 1.29 is 47.8 Å². The van der Waals surface area contributed by atoms with Gasteiger partial charge < -0.3 is 90.6 Å². The Labute approximate surface area is 452 Å². The Morgan fingerprint density at radius 1 is 0.756 bits per heavy atom. The molecule has 27 nitrogen and oxygen atoms in total. The van der Waals surface area contributed by atoms with E-state index in [4.69, 9.17) is 43.2 Å². The molecule has 1 unspecified atom stereocenters. The molecule has 7 atom stereocenters. The number of ether oxygens (including phenoxy) is 2. The number of nitrogens with two attached hydrogens (primary N) is 4. The highest BCUT2D eigenvalue weighted by atomic mass is 16.5. The first-order chi connectivity index (χ1) is 37.2. The topological polar surface area (TPSA) is 443 Å². The maximum Gasteiger partial charge on any atom is 0.243 e. The molecule has 1 saturated heterocycles. The summed E-state index contributed by atoms with van der Waals surface area (Å²) in [6.45, 7) is 5.32. The van der Waals surface area contributed by atoms with Gasteiger partial charge in [0.25, 0.3) is 0 Å². The second kappa shape index (κ2) is 31.4. The van der Waals surface area contributed by atoms with E-state index in [1.165, 1.54) is 21.1 Å². The van der Waals surface area contributed by atoms with E-state index in [0.717, 1.165) is 10.9 Å². The number of hydrogen-bond acceptors (Lipinski definition) is 14. The van der Waals surface area contributed by atoms with Crippen molar-refractivity contribution in [2.75, 3.05) is 40.4 Å². The van der Waals surface area contributed by atoms with Crippen LogP contribution in [0, 0.1) is 10.8 Å². The molecule has 1 aliphatic rings. The molecule has 27 heteroatoms. The summed E-state index contributed by atoms with van der Waals surface area (Å²) in [7, 11) is 2.86. The van der Waals surface area contributed by atoms with Crippen LogP contribution in [0.4, 0.5) is 0 Å². The minimum atomic E-state index is -1.48. The first-order valence-electron chi connectivity index (χ1n) is 25.6. The first kappa shape index (κ1) is 61.9. The molecule has 0 spiro atoms. The Morgan fingerprint density at radius 3 is 2.00 bits per heavy atom. The highest BCUT2D eigenvalue weighted by Gasteiger charge is 2.35. The molecule has 2 heterocycles. The summed E-state index contributed by atoms with van der Waals surface area (Å²) in [4.78, 5) is 115. The molecule has 426 valence electrons. The summed E-state index contributed by atoms with van der Waals surface area (Å²) in [5.41, 5.74) is 25.2. The van der Waals surface area contributed by atoms with Crippen LogP contribution in [0.25, 0.3) is 10.9 Å². The fraction of sp³-hybridized carbons (Fsp3) is 0.490. The molecule has 1 fully saturated rings. The Bertz CT molecular complexity index is 2610. The summed E-state index contributed by atoms with van der Waals surface area (Å²) in [5, 5.41) is 43.0. The number of carbonyl (C=O) groups is 8. The number of rotatable bonds is 20. The highest BCUT2D eigenvalue weighted by Crippen LogP contribution is 2.28. The van der Waals surface area contributed by atoms with E-state index in [0.29, 0.717) is 22.6 Å². The summed E-state index contributed by atoms with van der Waals surface area (Å²) in [6.07, 6.45) is 1.64. The molecule has 1 aliphatic heterocycles. The number of H-pyrrole nitrogens is 1. The minimum Gasteiger partial charge on any atom is -0.493 e. The minimum absolute atomic E-state index is 0.0197. The molecule has 3 aromatic rings. The van der Waals surface area contributed by atoms with Crippen molar-refractivity contribution in [3.8, 4) is 11.5 Å². The van der Waals surface area contributed by atoms with Crippen molar-refractivity contribution >= 4 is 70.1 Å². The summed E-state index contributed by atoms with van der Waals surface area (Å²) >= 11 is 0. The molecule has 0 bridgehead atoms. The highest BCUT2D eigenvalue weighted by molar-refractivity contribution is 5.98.